The molecular formula is C16H17ClN2O3. The lowest BCUT2D eigenvalue weighted by Gasteiger charge is -2.31. The molecule has 22 heavy (non-hydrogen) atoms. The Kier molecular flexibility index (Phi) is 4.29. The quantitative estimate of drug-likeness (QED) is 0.850. The highest BCUT2D eigenvalue weighted by molar-refractivity contribution is 6.34. The van der Waals surface area contributed by atoms with Crippen LogP contribution in [0.3, 0.4) is 0 Å². The van der Waals surface area contributed by atoms with Crippen molar-refractivity contribution in [1.29, 1.82) is 0 Å². The number of carbonyl (C=O) groups excluding carboxylic acids is 1. The first kappa shape index (κ1) is 15.2. The number of halogens is 1. The van der Waals surface area contributed by atoms with Gasteiger partial charge >= 0.3 is 0 Å². The average molecular weight is 321 g/mol. The molecule has 1 fully saturated rings. The average Bonchev–Trinajstić information content (AvgIpc) is 2.53. The molecule has 0 saturated carbocycles. The van der Waals surface area contributed by atoms with Gasteiger partial charge in [-0.1, -0.05) is 35.9 Å². The molecule has 1 aliphatic heterocycles. The van der Waals surface area contributed by atoms with E-state index >= 15 is 0 Å². The minimum Gasteiger partial charge on any atom is -0.388 e. The van der Waals surface area contributed by atoms with Crippen molar-refractivity contribution >= 4 is 28.3 Å². The molecule has 1 saturated heterocycles. The van der Waals surface area contributed by atoms with Crippen LogP contribution in [0.15, 0.2) is 30.3 Å². The van der Waals surface area contributed by atoms with E-state index in [2.05, 4.69) is 10.3 Å². The Morgan fingerprint density at radius 1 is 1.36 bits per heavy atom. The lowest BCUT2D eigenvalue weighted by atomic mass is 9.94. The van der Waals surface area contributed by atoms with Gasteiger partial charge in [0.05, 0.1) is 5.60 Å². The number of ether oxygens (including phenoxy) is 1. The van der Waals surface area contributed by atoms with E-state index in [1.807, 2.05) is 24.3 Å². The van der Waals surface area contributed by atoms with Crippen molar-refractivity contribution in [3.8, 4) is 0 Å². The van der Waals surface area contributed by atoms with Crippen molar-refractivity contribution in [1.82, 2.24) is 10.3 Å². The van der Waals surface area contributed by atoms with Crippen LogP contribution in [0, 0.1) is 0 Å². The maximum Gasteiger partial charge on any atom is 0.270 e. The van der Waals surface area contributed by atoms with Gasteiger partial charge in [0.15, 0.2) is 0 Å². The molecule has 116 valence electrons. The number of aromatic nitrogens is 1. The number of rotatable bonds is 3. The van der Waals surface area contributed by atoms with Crippen LogP contribution in [-0.4, -0.2) is 41.4 Å². The normalized spacial score (nSPS) is 17.4. The van der Waals surface area contributed by atoms with Gasteiger partial charge in [-0.25, -0.2) is 4.98 Å². The summed E-state index contributed by atoms with van der Waals surface area (Å²) in [6, 6.07) is 9.19. The SMILES string of the molecule is O=C(NCC1(O)CCOCC1)c1cc2ccccc2c(Cl)n1. The Labute approximate surface area is 133 Å². The van der Waals surface area contributed by atoms with E-state index in [4.69, 9.17) is 16.3 Å². The van der Waals surface area contributed by atoms with Gasteiger partial charge in [-0.05, 0) is 11.5 Å². The summed E-state index contributed by atoms with van der Waals surface area (Å²) in [6.07, 6.45) is 1.03. The zero-order chi connectivity index (χ0) is 15.6. The standard InChI is InChI=1S/C16H17ClN2O3/c17-14-12-4-2-1-3-11(12)9-13(19-14)15(20)18-10-16(21)5-7-22-8-6-16/h1-4,9,21H,5-8,10H2,(H,18,20). The lowest BCUT2D eigenvalue weighted by Crippen LogP contribution is -2.46. The maximum atomic E-state index is 12.3. The minimum atomic E-state index is -0.908. The Bertz CT molecular complexity index is 699. The second kappa shape index (κ2) is 6.20. The second-order valence-corrected chi connectivity index (χ2v) is 5.90. The lowest BCUT2D eigenvalue weighted by molar-refractivity contribution is -0.0605. The Morgan fingerprint density at radius 2 is 2.09 bits per heavy atom. The predicted octanol–water partition coefficient (Wildman–Crippen LogP) is 2.16. The van der Waals surface area contributed by atoms with Gasteiger partial charge in [0.1, 0.15) is 10.8 Å². The maximum absolute atomic E-state index is 12.3. The fourth-order valence-electron chi connectivity index (χ4n) is 2.54. The van der Waals surface area contributed by atoms with Crippen molar-refractivity contribution in [2.75, 3.05) is 19.8 Å². The van der Waals surface area contributed by atoms with Gasteiger partial charge in [-0.2, -0.15) is 0 Å². The molecule has 0 bridgehead atoms. The van der Waals surface area contributed by atoms with E-state index in [1.54, 1.807) is 6.07 Å². The van der Waals surface area contributed by atoms with Crippen molar-refractivity contribution in [3.05, 3.63) is 41.2 Å². The van der Waals surface area contributed by atoms with E-state index < -0.39 is 5.60 Å². The summed E-state index contributed by atoms with van der Waals surface area (Å²) in [5.41, 5.74) is -0.659. The highest BCUT2D eigenvalue weighted by atomic mass is 35.5. The summed E-state index contributed by atoms with van der Waals surface area (Å²) in [6.45, 7) is 1.19. The number of hydrogen-bond donors (Lipinski definition) is 2. The molecule has 1 aliphatic rings. The number of hydrogen-bond acceptors (Lipinski definition) is 4. The van der Waals surface area contributed by atoms with Crippen LogP contribution in [0.2, 0.25) is 5.15 Å². The third-order valence-electron chi connectivity index (χ3n) is 3.93. The molecule has 5 nitrogen and oxygen atoms in total. The van der Waals surface area contributed by atoms with Gasteiger partial charge in [0, 0.05) is 38.0 Å². The number of benzene rings is 1. The Hall–Kier alpha value is -1.69. The summed E-state index contributed by atoms with van der Waals surface area (Å²) >= 11 is 6.13. The molecule has 2 N–H and O–H groups in total. The molecule has 0 radical (unpaired) electrons. The van der Waals surface area contributed by atoms with Crippen LogP contribution in [0.1, 0.15) is 23.3 Å². The van der Waals surface area contributed by atoms with Crippen molar-refractivity contribution in [2.24, 2.45) is 0 Å². The van der Waals surface area contributed by atoms with Crippen molar-refractivity contribution < 1.29 is 14.6 Å². The zero-order valence-electron chi connectivity index (χ0n) is 12.0. The van der Waals surface area contributed by atoms with E-state index in [0.29, 0.717) is 31.2 Å². The molecule has 1 aromatic heterocycles. The van der Waals surface area contributed by atoms with Crippen LogP contribution in [-0.2, 0) is 4.74 Å². The number of nitrogens with zero attached hydrogens (tertiary/aromatic N) is 1. The molecule has 2 heterocycles. The summed E-state index contributed by atoms with van der Waals surface area (Å²) in [5.74, 6) is -0.340. The number of pyridine rings is 1. The van der Waals surface area contributed by atoms with Gasteiger partial charge in [0.25, 0.3) is 5.91 Å². The summed E-state index contributed by atoms with van der Waals surface area (Å²) in [4.78, 5) is 16.4. The van der Waals surface area contributed by atoms with Gasteiger partial charge in [0.2, 0.25) is 0 Å². The molecule has 3 rings (SSSR count). The number of nitrogens with one attached hydrogen (secondary N) is 1. The van der Waals surface area contributed by atoms with Gasteiger partial charge < -0.3 is 15.2 Å². The third kappa shape index (κ3) is 3.21. The summed E-state index contributed by atoms with van der Waals surface area (Å²) in [5, 5.41) is 15.1. The molecule has 0 aliphatic carbocycles. The molecule has 0 atom stereocenters. The van der Waals surface area contributed by atoms with E-state index in [-0.39, 0.29) is 18.1 Å². The molecule has 1 amide bonds. The number of fused-ring (bicyclic) bond motifs is 1. The largest absolute Gasteiger partial charge is 0.388 e. The molecular weight excluding hydrogens is 304 g/mol. The van der Waals surface area contributed by atoms with E-state index in [9.17, 15) is 9.90 Å². The summed E-state index contributed by atoms with van der Waals surface area (Å²) < 4.78 is 5.22. The predicted molar refractivity (Wildman–Crippen MR) is 84.1 cm³/mol. The fourth-order valence-corrected chi connectivity index (χ4v) is 2.80. The number of amides is 1. The topological polar surface area (TPSA) is 71.5 Å². The van der Waals surface area contributed by atoms with Crippen LogP contribution in [0.25, 0.3) is 10.8 Å². The highest BCUT2D eigenvalue weighted by Gasteiger charge is 2.30. The number of aliphatic hydroxyl groups is 1. The monoisotopic (exact) mass is 320 g/mol. The number of carbonyl (C=O) groups is 1. The summed E-state index contributed by atoms with van der Waals surface area (Å²) in [7, 11) is 0. The first-order chi connectivity index (χ1) is 10.6. The van der Waals surface area contributed by atoms with Crippen LogP contribution < -0.4 is 5.32 Å². The van der Waals surface area contributed by atoms with E-state index in [0.717, 1.165) is 10.8 Å². The third-order valence-corrected chi connectivity index (χ3v) is 4.22. The molecule has 1 aromatic carbocycles. The molecule has 6 heteroatoms. The first-order valence-corrected chi connectivity index (χ1v) is 7.59. The van der Waals surface area contributed by atoms with E-state index in [1.165, 1.54) is 0 Å². The van der Waals surface area contributed by atoms with Crippen LogP contribution in [0.4, 0.5) is 0 Å². The zero-order valence-corrected chi connectivity index (χ0v) is 12.8. The molecule has 0 unspecified atom stereocenters. The highest BCUT2D eigenvalue weighted by Crippen LogP contribution is 2.23. The Morgan fingerprint density at radius 3 is 2.86 bits per heavy atom. The smallest absolute Gasteiger partial charge is 0.270 e. The van der Waals surface area contributed by atoms with Gasteiger partial charge in [-0.3, -0.25) is 4.79 Å². The Balaban J connectivity index is 1.75. The molecule has 0 spiro atoms. The van der Waals surface area contributed by atoms with Gasteiger partial charge in [-0.15, -0.1) is 0 Å². The van der Waals surface area contributed by atoms with Crippen molar-refractivity contribution in [2.45, 2.75) is 18.4 Å². The minimum absolute atomic E-state index is 0.182. The van der Waals surface area contributed by atoms with Crippen molar-refractivity contribution in [3.63, 3.8) is 0 Å². The van der Waals surface area contributed by atoms with Crippen LogP contribution >= 0.6 is 11.6 Å². The fraction of sp³-hybridized carbons (Fsp3) is 0.375. The second-order valence-electron chi connectivity index (χ2n) is 5.54. The molecule has 2 aromatic rings. The first-order valence-electron chi connectivity index (χ1n) is 7.21. The van der Waals surface area contributed by atoms with Crippen LogP contribution in [0.5, 0.6) is 0 Å².